The molecule has 1 heterocycles. The van der Waals surface area contributed by atoms with E-state index >= 15 is 0 Å². The number of nitrogens with zero attached hydrogens (tertiary/aromatic N) is 2. The van der Waals surface area contributed by atoms with E-state index in [4.69, 9.17) is 0 Å². The van der Waals surface area contributed by atoms with Crippen LogP contribution in [0.2, 0.25) is 0 Å². The van der Waals surface area contributed by atoms with Gasteiger partial charge >= 0.3 is 0 Å². The maximum atomic E-state index is 12.6. The lowest BCUT2D eigenvalue weighted by Gasteiger charge is -2.24. The van der Waals surface area contributed by atoms with E-state index in [-0.39, 0.29) is 17.7 Å². The van der Waals surface area contributed by atoms with Crippen molar-refractivity contribution in [2.45, 2.75) is 32.2 Å². The number of hydrogen-bond donors (Lipinski definition) is 2. The smallest absolute Gasteiger partial charge is 0.251 e. The highest BCUT2D eigenvalue weighted by atomic mass is 32.2. The van der Waals surface area contributed by atoms with E-state index in [1.54, 1.807) is 31.2 Å². The number of anilines is 1. The van der Waals surface area contributed by atoms with Gasteiger partial charge in [0.25, 0.3) is 5.91 Å². The second-order valence-corrected chi connectivity index (χ2v) is 8.19. The summed E-state index contributed by atoms with van der Waals surface area (Å²) in [6.07, 6.45) is 4.64. The molecule has 134 valence electrons. The minimum absolute atomic E-state index is 0.0186. The number of sulfonamides is 1. The monoisotopic (exact) mass is 362 g/mol. The molecular formula is C17H22N4O3S. The van der Waals surface area contributed by atoms with E-state index in [0.717, 1.165) is 30.5 Å². The van der Waals surface area contributed by atoms with Gasteiger partial charge in [-0.1, -0.05) is 6.07 Å². The van der Waals surface area contributed by atoms with Crippen molar-refractivity contribution in [2.75, 3.05) is 10.5 Å². The zero-order chi connectivity index (χ0) is 18.0. The van der Waals surface area contributed by atoms with Crippen LogP contribution in [0, 0.1) is 0 Å². The van der Waals surface area contributed by atoms with Gasteiger partial charge in [0.2, 0.25) is 10.0 Å². The van der Waals surface area contributed by atoms with E-state index in [1.807, 2.05) is 17.9 Å². The molecule has 0 radical (unpaired) electrons. The molecule has 8 heteroatoms. The van der Waals surface area contributed by atoms with Gasteiger partial charge in [0.05, 0.1) is 18.0 Å². The molecule has 1 atom stereocenters. The van der Waals surface area contributed by atoms with Crippen LogP contribution in [0.25, 0.3) is 0 Å². The molecule has 0 saturated heterocycles. The van der Waals surface area contributed by atoms with Crippen molar-refractivity contribution in [3.05, 3.63) is 47.3 Å². The predicted molar refractivity (Wildman–Crippen MR) is 95.9 cm³/mol. The van der Waals surface area contributed by atoms with Crippen molar-refractivity contribution in [3.8, 4) is 0 Å². The number of carbonyl (C=O) groups excluding carboxylic acids is 1. The molecule has 1 aliphatic carbocycles. The lowest BCUT2D eigenvalue weighted by Crippen LogP contribution is -2.31. The highest BCUT2D eigenvalue weighted by Crippen LogP contribution is 2.29. The van der Waals surface area contributed by atoms with Crippen molar-refractivity contribution in [3.63, 3.8) is 0 Å². The van der Waals surface area contributed by atoms with Gasteiger partial charge in [-0.15, -0.1) is 0 Å². The van der Waals surface area contributed by atoms with Crippen LogP contribution < -0.4 is 10.0 Å². The Hall–Kier alpha value is -2.35. The molecule has 0 fully saturated rings. The highest BCUT2D eigenvalue weighted by molar-refractivity contribution is 7.92. The number of benzene rings is 1. The normalized spacial score (nSPS) is 17.0. The van der Waals surface area contributed by atoms with Gasteiger partial charge in [0.15, 0.2) is 0 Å². The van der Waals surface area contributed by atoms with Crippen LogP contribution in [-0.4, -0.2) is 29.9 Å². The van der Waals surface area contributed by atoms with Gasteiger partial charge in [-0.25, -0.2) is 8.42 Å². The third kappa shape index (κ3) is 3.84. The van der Waals surface area contributed by atoms with Crippen LogP contribution in [0.3, 0.4) is 0 Å². The van der Waals surface area contributed by atoms with Crippen LogP contribution in [0.4, 0.5) is 5.69 Å². The summed E-state index contributed by atoms with van der Waals surface area (Å²) in [5.41, 5.74) is 3.03. The fraction of sp³-hybridized carbons (Fsp3) is 0.412. The number of carbonyl (C=O) groups is 1. The second kappa shape index (κ2) is 6.87. The molecule has 7 nitrogen and oxygen atoms in total. The van der Waals surface area contributed by atoms with Crippen molar-refractivity contribution in [2.24, 2.45) is 7.05 Å². The first kappa shape index (κ1) is 17.5. The number of aryl methyl sites for hydroxylation is 1. The minimum Gasteiger partial charge on any atom is -0.345 e. The summed E-state index contributed by atoms with van der Waals surface area (Å²) in [4.78, 5) is 12.6. The molecule has 3 rings (SSSR count). The number of fused-ring (bicyclic) bond motifs is 1. The third-order valence-corrected chi connectivity index (χ3v) is 5.77. The standard InChI is InChI=1S/C17H22N4O3S/c1-3-25(23,24)20-13-7-4-6-12(10-13)17(22)19-15-8-5-9-16-14(15)11-18-21(16)2/h4,6-7,10-11,15,20H,3,5,8-9H2,1-2H3,(H,19,22)/t15-/m0/s1. The van der Waals surface area contributed by atoms with Crippen LogP contribution in [0.1, 0.15) is 47.4 Å². The van der Waals surface area contributed by atoms with Crippen LogP contribution >= 0.6 is 0 Å². The van der Waals surface area contributed by atoms with E-state index in [9.17, 15) is 13.2 Å². The summed E-state index contributed by atoms with van der Waals surface area (Å²) in [5, 5.41) is 7.32. The molecule has 0 bridgehead atoms. The Morgan fingerprint density at radius 3 is 2.96 bits per heavy atom. The molecular weight excluding hydrogens is 340 g/mol. The highest BCUT2D eigenvalue weighted by Gasteiger charge is 2.25. The second-order valence-electron chi connectivity index (χ2n) is 6.17. The van der Waals surface area contributed by atoms with Gasteiger partial charge < -0.3 is 5.32 Å². The molecule has 1 aromatic carbocycles. The first-order valence-electron chi connectivity index (χ1n) is 8.32. The quantitative estimate of drug-likeness (QED) is 0.851. The van der Waals surface area contributed by atoms with Crippen LogP contribution in [-0.2, 0) is 23.5 Å². The average molecular weight is 362 g/mol. The molecule has 1 aliphatic rings. The summed E-state index contributed by atoms with van der Waals surface area (Å²) < 4.78 is 27.7. The van der Waals surface area contributed by atoms with E-state index < -0.39 is 10.0 Å². The van der Waals surface area contributed by atoms with Crippen molar-refractivity contribution in [1.82, 2.24) is 15.1 Å². The Bertz CT molecular complexity index is 889. The maximum absolute atomic E-state index is 12.6. The molecule has 2 aromatic rings. The summed E-state index contributed by atoms with van der Waals surface area (Å²) in [7, 11) is -1.46. The van der Waals surface area contributed by atoms with Crippen LogP contribution in [0.15, 0.2) is 30.5 Å². The summed E-state index contributed by atoms with van der Waals surface area (Å²) in [6, 6.07) is 6.45. The molecule has 1 amide bonds. The lowest BCUT2D eigenvalue weighted by molar-refractivity contribution is 0.0932. The van der Waals surface area contributed by atoms with Crippen LogP contribution in [0.5, 0.6) is 0 Å². The van der Waals surface area contributed by atoms with Crippen molar-refractivity contribution in [1.29, 1.82) is 0 Å². The Kier molecular flexibility index (Phi) is 4.80. The zero-order valence-electron chi connectivity index (χ0n) is 14.3. The van der Waals surface area contributed by atoms with Gasteiger partial charge in [0, 0.05) is 29.6 Å². The number of hydrogen-bond acceptors (Lipinski definition) is 4. The predicted octanol–water partition coefficient (Wildman–Crippen LogP) is 1.99. The molecule has 0 unspecified atom stereocenters. The molecule has 2 N–H and O–H groups in total. The molecule has 0 aliphatic heterocycles. The summed E-state index contributed by atoms with van der Waals surface area (Å²) >= 11 is 0. The van der Waals surface area contributed by atoms with Gasteiger partial charge in [-0.05, 0) is 44.4 Å². The van der Waals surface area contributed by atoms with Crippen molar-refractivity contribution >= 4 is 21.6 Å². The molecule has 25 heavy (non-hydrogen) atoms. The number of rotatable bonds is 5. The SMILES string of the molecule is CCS(=O)(=O)Nc1cccc(C(=O)N[C@H]2CCCc3c2cnn3C)c1. The van der Waals surface area contributed by atoms with Crippen molar-refractivity contribution < 1.29 is 13.2 Å². The Labute approximate surface area is 147 Å². The number of aromatic nitrogens is 2. The number of nitrogens with one attached hydrogen (secondary N) is 2. The first-order valence-corrected chi connectivity index (χ1v) is 9.97. The van der Waals surface area contributed by atoms with Gasteiger partial charge in [-0.2, -0.15) is 5.10 Å². The Balaban J connectivity index is 1.76. The minimum atomic E-state index is -3.37. The van der Waals surface area contributed by atoms with Gasteiger partial charge in [0.1, 0.15) is 0 Å². The molecule has 0 saturated carbocycles. The van der Waals surface area contributed by atoms with E-state index in [1.165, 1.54) is 0 Å². The summed E-state index contributed by atoms with van der Waals surface area (Å²) in [5.74, 6) is -0.241. The Morgan fingerprint density at radius 1 is 1.40 bits per heavy atom. The lowest BCUT2D eigenvalue weighted by atomic mass is 9.93. The average Bonchev–Trinajstić information content (AvgIpc) is 2.97. The largest absolute Gasteiger partial charge is 0.345 e. The van der Waals surface area contributed by atoms with Gasteiger partial charge in [-0.3, -0.25) is 14.2 Å². The number of amides is 1. The topological polar surface area (TPSA) is 93.1 Å². The molecule has 0 spiro atoms. The first-order chi connectivity index (χ1) is 11.9. The zero-order valence-corrected chi connectivity index (χ0v) is 15.1. The fourth-order valence-corrected chi connectivity index (χ4v) is 3.70. The molecule has 1 aromatic heterocycles. The summed E-state index contributed by atoms with van der Waals surface area (Å²) in [6.45, 7) is 1.56. The maximum Gasteiger partial charge on any atom is 0.251 e. The third-order valence-electron chi connectivity index (χ3n) is 4.46. The Morgan fingerprint density at radius 2 is 2.20 bits per heavy atom. The van der Waals surface area contributed by atoms with E-state index in [2.05, 4.69) is 15.1 Å². The van der Waals surface area contributed by atoms with E-state index in [0.29, 0.717) is 11.3 Å². The fourth-order valence-electron chi connectivity index (χ4n) is 3.07.